The van der Waals surface area contributed by atoms with E-state index in [1.165, 1.54) is 11.8 Å². The molecule has 0 aliphatic rings. The van der Waals surface area contributed by atoms with Crippen molar-refractivity contribution >= 4 is 35.0 Å². The van der Waals surface area contributed by atoms with Crippen LogP contribution >= 0.6 is 24.0 Å². The van der Waals surface area contributed by atoms with Crippen molar-refractivity contribution in [2.75, 3.05) is 11.9 Å². The molecule has 116 valence electrons. The van der Waals surface area contributed by atoms with Gasteiger partial charge in [-0.1, -0.05) is 13.8 Å². The van der Waals surface area contributed by atoms with Crippen LogP contribution < -0.4 is 10.6 Å². The predicted octanol–water partition coefficient (Wildman–Crippen LogP) is 2.67. The lowest BCUT2D eigenvalue weighted by molar-refractivity contribution is 0.627. The van der Waals surface area contributed by atoms with Crippen molar-refractivity contribution in [1.29, 1.82) is 0 Å². The average Bonchev–Trinajstić information content (AvgIpc) is 2.45. The van der Waals surface area contributed by atoms with Crippen LogP contribution in [0.2, 0.25) is 0 Å². The van der Waals surface area contributed by atoms with Crippen LogP contribution in [0, 0.1) is 12.8 Å². The van der Waals surface area contributed by atoms with Gasteiger partial charge < -0.3 is 10.6 Å². The zero-order valence-corrected chi connectivity index (χ0v) is 14.3. The van der Waals surface area contributed by atoms with E-state index in [2.05, 4.69) is 44.4 Å². The fourth-order valence-corrected chi connectivity index (χ4v) is 2.47. The van der Waals surface area contributed by atoms with Crippen LogP contribution in [0.5, 0.6) is 0 Å². The Morgan fingerprint density at radius 2 is 2.00 bits per heavy atom. The third kappa shape index (κ3) is 5.53. The first-order valence-electron chi connectivity index (χ1n) is 6.88. The maximum Gasteiger partial charge on any atom is 0.230 e. The Morgan fingerprint density at radius 1 is 1.27 bits per heavy atom. The van der Waals surface area contributed by atoms with E-state index in [4.69, 9.17) is 12.2 Å². The van der Waals surface area contributed by atoms with Crippen molar-refractivity contribution < 1.29 is 0 Å². The SMILES string of the molecule is Cc1cc(Sc2ncccn2)nc(NC(=S)NCC(C)C)n1. The van der Waals surface area contributed by atoms with Gasteiger partial charge >= 0.3 is 0 Å². The number of aryl methyl sites for hydroxylation is 1. The van der Waals surface area contributed by atoms with Crippen molar-refractivity contribution in [1.82, 2.24) is 25.3 Å². The molecule has 0 saturated heterocycles. The van der Waals surface area contributed by atoms with E-state index in [0.29, 0.717) is 22.1 Å². The monoisotopic (exact) mass is 334 g/mol. The van der Waals surface area contributed by atoms with Gasteiger partial charge in [0, 0.05) is 24.6 Å². The third-order valence-electron chi connectivity index (χ3n) is 2.46. The number of nitrogens with zero attached hydrogens (tertiary/aromatic N) is 4. The molecule has 0 saturated carbocycles. The summed E-state index contributed by atoms with van der Waals surface area (Å²) in [5.41, 5.74) is 0.850. The van der Waals surface area contributed by atoms with E-state index in [1.54, 1.807) is 18.5 Å². The topological polar surface area (TPSA) is 75.6 Å². The summed E-state index contributed by atoms with van der Waals surface area (Å²) in [6.45, 7) is 6.95. The molecule has 22 heavy (non-hydrogen) atoms. The fraction of sp³-hybridized carbons (Fsp3) is 0.357. The van der Waals surface area contributed by atoms with Crippen LogP contribution in [0.25, 0.3) is 0 Å². The molecule has 2 heterocycles. The lowest BCUT2D eigenvalue weighted by atomic mass is 10.2. The highest BCUT2D eigenvalue weighted by Gasteiger charge is 2.07. The molecule has 0 spiro atoms. The molecule has 0 unspecified atom stereocenters. The van der Waals surface area contributed by atoms with E-state index in [0.717, 1.165) is 17.3 Å². The van der Waals surface area contributed by atoms with Crippen molar-refractivity contribution in [2.24, 2.45) is 5.92 Å². The number of hydrogen-bond donors (Lipinski definition) is 2. The molecule has 2 rings (SSSR count). The minimum absolute atomic E-state index is 0.472. The number of aromatic nitrogens is 4. The number of thiocarbonyl (C=S) groups is 1. The van der Waals surface area contributed by atoms with Crippen LogP contribution in [-0.4, -0.2) is 31.6 Å². The number of anilines is 1. The van der Waals surface area contributed by atoms with Gasteiger partial charge in [0.05, 0.1) is 0 Å². The fourth-order valence-electron chi connectivity index (χ4n) is 1.52. The molecular formula is C14H18N6S2. The lowest BCUT2D eigenvalue weighted by Crippen LogP contribution is -2.32. The second kappa shape index (κ2) is 8.00. The summed E-state index contributed by atoms with van der Waals surface area (Å²) in [6, 6.07) is 3.66. The standard InChI is InChI=1S/C14H18N6S2/c1-9(2)8-17-13(21)20-12-18-10(3)7-11(19-12)22-14-15-5-4-6-16-14/h4-7,9H,8H2,1-3H3,(H2,17,18,19,20,21). The summed E-state index contributed by atoms with van der Waals surface area (Å²) < 4.78 is 0. The molecule has 6 nitrogen and oxygen atoms in total. The van der Waals surface area contributed by atoms with E-state index in [9.17, 15) is 0 Å². The minimum atomic E-state index is 0.472. The summed E-state index contributed by atoms with van der Waals surface area (Å²) in [5.74, 6) is 0.985. The normalized spacial score (nSPS) is 10.5. The number of hydrogen-bond acceptors (Lipinski definition) is 6. The molecule has 2 aromatic heterocycles. The van der Waals surface area contributed by atoms with Gasteiger partial charge in [-0.2, -0.15) is 0 Å². The minimum Gasteiger partial charge on any atom is -0.362 e. The number of rotatable bonds is 5. The second-order valence-electron chi connectivity index (χ2n) is 5.03. The molecule has 8 heteroatoms. The highest BCUT2D eigenvalue weighted by molar-refractivity contribution is 7.99. The van der Waals surface area contributed by atoms with Gasteiger partial charge in [-0.25, -0.2) is 19.9 Å². The Hall–Kier alpha value is -1.80. The molecule has 0 aromatic carbocycles. The summed E-state index contributed by atoms with van der Waals surface area (Å²) in [5, 5.41) is 8.07. The summed E-state index contributed by atoms with van der Waals surface area (Å²) in [6.07, 6.45) is 3.40. The van der Waals surface area contributed by atoms with Crippen molar-refractivity contribution in [3.05, 3.63) is 30.2 Å². The Kier molecular flexibility index (Phi) is 6.02. The Bertz CT molecular complexity index is 632. The molecule has 0 atom stereocenters. The Labute approximate surface area is 139 Å². The van der Waals surface area contributed by atoms with Crippen LogP contribution in [0.1, 0.15) is 19.5 Å². The van der Waals surface area contributed by atoms with E-state index in [-0.39, 0.29) is 0 Å². The maximum absolute atomic E-state index is 5.24. The Morgan fingerprint density at radius 3 is 2.68 bits per heavy atom. The molecule has 0 amide bonds. The first-order chi connectivity index (χ1) is 10.5. The largest absolute Gasteiger partial charge is 0.362 e. The number of nitrogens with one attached hydrogen (secondary N) is 2. The molecule has 0 aliphatic heterocycles. The van der Waals surface area contributed by atoms with Gasteiger partial charge in [-0.05, 0) is 49.0 Å². The van der Waals surface area contributed by atoms with Gasteiger partial charge in [0.1, 0.15) is 5.03 Å². The first-order valence-corrected chi connectivity index (χ1v) is 8.11. The highest BCUT2D eigenvalue weighted by Crippen LogP contribution is 2.23. The molecule has 0 bridgehead atoms. The van der Waals surface area contributed by atoms with Gasteiger partial charge in [-0.15, -0.1) is 0 Å². The van der Waals surface area contributed by atoms with Gasteiger partial charge in [0.15, 0.2) is 10.3 Å². The van der Waals surface area contributed by atoms with Crippen LogP contribution in [-0.2, 0) is 0 Å². The zero-order chi connectivity index (χ0) is 15.9. The van der Waals surface area contributed by atoms with Gasteiger partial charge in [0.2, 0.25) is 5.95 Å². The van der Waals surface area contributed by atoms with Crippen LogP contribution in [0.4, 0.5) is 5.95 Å². The van der Waals surface area contributed by atoms with E-state index < -0.39 is 0 Å². The van der Waals surface area contributed by atoms with Crippen molar-refractivity contribution in [3.63, 3.8) is 0 Å². The van der Waals surface area contributed by atoms with Gasteiger partial charge in [0.25, 0.3) is 0 Å². The molecular weight excluding hydrogens is 316 g/mol. The first kappa shape index (κ1) is 16.6. The predicted molar refractivity (Wildman–Crippen MR) is 92.0 cm³/mol. The maximum atomic E-state index is 5.24. The summed E-state index contributed by atoms with van der Waals surface area (Å²) in [4.78, 5) is 17.1. The Balaban J connectivity index is 2.05. The van der Waals surface area contributed by atoms with Crippen molar-refractivity contribution in [3.8, 4) is 0 Å². The van der Waals surface area contributed by atoms with E-state index >= 15 is 0 Å². The summed E-state index contributed by atoms with van der Waals surface area (Å²) in [7, 11) is 0. The zero-order valence-electron chi connectivity index (χ0n) is 12.7. The highest BCUT2D eigenvalue weighted by atomic mass is 32.2. The molecule has 0 radical (unpaired) electrons. The second-order valence-corrected chi connectivity index (χ2v) is 6.43. The average molecular weight is 334 g/mol. The quantitative estimate of drug-likeness (QED) is 0.491. The lowest BCUT2D eigenvalue weighted by Gasteiger charge is -2.12. The van der Waals surface area contributed by atoms with Crippen LogP contribution in [0.15, 0.2) is 34.7 Å². The molecule has 2 aromatic rings. The van der Waals surface area contributed by atoms with E-state index in [1.807, 2.05) is 13.0 Å². The van der Waals surface area contributed by atoms with Crippen molar-refractivity contribution in [2.45, 2.75) is 31.0 Å². The van der Waals surface area contributed by atoms with Crippen LogP contribution in [0.3, 0.4) is 0 Å². The van der Waals surface area contributed by atoms with Gasteiger partial charge in [-0.3, -0.25) is 0 Å². The molecule has 0 fully saturated rings. The molecule has 0 aliphatic carbocycles. The smallest absolute Gasteiger partial charge is 0.230 e. The molecule has 2 N–H and O–H groups in total. The summed E-state index contributed by atoms with van der Waals surface area (Å²) >= 11 is 6.62. The third-order valence-corrected chi connectivity index (χ3v) is 3.52.